The Hall–Kier alpha value is -2.84. The van der Waals surface area contributed by atoms with Gasteiger partial charge in [0.05, 0.1) is 11.6 Å². The molecule has 35 heavy (non-hydrogen) atoms. The monoisotopic (exact) mass is 521 g/mol. The van der Waals surface area contributed by atoms with Crippen LogP contribution in [0.25, 0.3) is 0 Å². The van der Waals surface area contributed by atoms with Crippen molar-refractivity contribution >= 4 is 46.5 Å². The smallest absolute Gasteiger partial charge is 0.256 e. The third-order valence-electron chi connectivity index (χ3n) is 7.16. The van der Waals surface area contributed by atoms with Gasteiger partial charge in [-0.3, -0.25) is 9.79 Å². The van der Waals surface area contributed by atoms with Crippen molar-refractivity contribution in [3.05, 3.63) is 104 Å². The van der Waals surface area contributed by atoms with E-state index in [2.05, 4.69) is 23.5 Å². The van der Waals surface area contributed by atoms with Gasteiger partial charge in [0, 0.05) is 33.1 Å². The first-order chi connectivity index (χ1) is 16.9. The van der Waals surface area contributed by atoms with Crippen LogP contribution in [0.5, 0.6) is 0 Å². The molecule has 0 spiro atoms. The molecule has 3 aromatic rings. The number of rotatable bonds is 3. The van der Waals surface area contributed by atoms with E-state index in [4.69, 9.17) is 45.1 Å². The molecule has 0 aromatic heterocycles. The van der Waals surface area contributed by atoms with Crippen LogP contribution in [-0.4, -0.2) is 18.3 Å². The summed E-state index contributed by atoms with van der Waals surface area (Å²) in [5, 5.41) is 14.0. The van der Waals surface area contributed by atoms with E-state index in [1.165, 1.54) is 5.56 Å². The van der Waals surface area contributed by atoms with E-state index in [1.54, 1.807) is 30.3 Å². The number of nitrogens with one attached hydrogen (secondary N) is 1. The van der Waals surface area contributed by atoms with Gasteiger partial charge in [-0.25, -0.2) is 0 Å². The number of hydrogen-bond acceptors (Lipinski definition) is 3. The molecule has 4 nitrogen and oxygen atoms in total. The highest BCUT2D eigenvalue weighted by Crippen LogP contribution is 2.53. The average molecular weight is 523 g/mol. The van der Waals surface area contributed by atoms with E-state index in [-0.39, 0.29) is 29.6 Å². The third kappa shape index (κ3) is 4.82. The zero-order valence-electron chi connectivity index (χ0n) is 18.7. The van der Waals surface area contributed by atoms with Crippen LogP contribution >= 0.6 is 34.8 Å². The molecular formula is C28H22Cl3N3O. The Morgan fingerprint density at radius 3 is 2.29 bits per heavy atom. The van der Waals surface area contributed by atoms with Crippen LogP contribution in [0.3, 0.4) is 0 Å². The zero-order chi connectivity index (χ0) is 24.5. The molecule has 1 fully saturated rings. The number of hydrogen-bond donors (Lipinski definition) is 1. The Morgan fingerprint density at radius 2 is 1.60 bits per heavy atom. The van der Waals surface area contributed by atoms with Crippen molar-refractivity contribution in [2.24, 2.45) is 16.8 Å². The van der Waals surface area contributed by atoms with Gasteiger partial charge in [0.25, 0.3) is 5.91 Å². The summed E-state index contributed by atoms with van der Waals surface area (Å²) in [5.74, 6) is 1.26. The van der Waals surface area contributed by atoms with E-state index >= 15 is 0 Å². The molecule has 0 bridgehead atoms. The average Bonchev–Trinajstić information content (AvgIpc) is 3.27. The van der Waals surface area contributed by atoms with Gasteiger partial charge in [-0.05, 0) is 90.3 Å². The molecular weight excluding hydrogens is 501 g/mol. The minimum atomic E-state index is -0.209. The molecule has 176 valence electrons. The lowest BCUT2D eigenvalue weighted by Gasteiger charge is -2.41. The summed E-state index contributed by atoms with van der Waals surface area (Å²) in [6.07, 6.45) is 1.80. The standard InChI is InChI=1S/C28H22Cl3N3O/c29-19-7-5-17(6-8-19)26-22(21-10-9-20(30)13-25(21)31)11-12-23-24(26)15-33-27(23)34-28(35)18-3-1-16(14-32)2-4-18/h1-10,13,22-24,26H,11-12,15H2,(H,33,34,35). The second-order valence-electron chi connectivity index (χ2n) is 9.07. The lowest BCUT2D eigenvalue weighted by Crippen LogP contribution is -2.40. The van der Waals surface area contributed by atoms with E-state index in [0.29, 0.717) is 32.7 Å². The van der Waals surface area contributed by atoms with E-state index in [0.717, 1.165) is 24.2 Å². The number of amidine groups is 1. The molecule has 1 saturated carbocycles. The minimum absolute atomic E-state index is 0.139. The van der Waals surface area contributed by atoms with Gasteiger partial charge < -0.3 is 5.32 Å². The number of fused-ring (bicyclic) bond motifs is 1. The molecule has 1 heterocycles. The Morgan fingerprint density at radius 1 is 0.914 bits per heavy atom. The van der Waals surface area contributed by atoms with E-state index in [1.807, 2.05) is 24.3 Å². The highest BCUT2D eigenvalue weighted by atomic mass is 35.5. The topological polar surface area (TPSA) is 65.2 Å². The molecule has 4 unspecified atom stereocenters. The van der Waals surface area contributed by atoms with Crippen LogP contribution in [0, 0.1) is 23.2 Å². The maximum atomic E-state index is 12.9. The predicted molar refractivity (Wildman–Crippen MR) is 141 cm³/mol. The molecule has 0 saturated heterocycles. The predicted octanol–water partition coefficient (Wildman–Crippen LogP) is 7.25. The Bertz CT molecular complexity index is 1330. The lowest BCUT2D eigenvalue weighted by atomic mass is 9.63. The Balaban J connectivity index is 1.43. The molecule has 0 radical (unpaired) electrons. The molecule has 7 heteroatoms. The fraction of sp³-hybridized carbons (Fsp3) is 0.250. The maximum absolute atomic E-state index is 12.9. The number of amides is 1. The molecule has 5 rings (SSSR count). The number of nitriles is 1. The summed E-state index contributed by atoms with van der Waals surface area (Å²) in [7, 11) is 0. The number of halogens is 3. The van der Waals surface area contributed by atoms with Gasteiger partial charge in [0.1, 0.15) is 5.84 Å². The van der Waals surface area contributed by atoms with Crippen LogP contribution in [0.2, 0.25) is 15.1 Å². The van der Waals surface area contributed by atoms with Crippen LogP contribution in [-0.2, 0) is 0 Å². The van der Waals surface area contributed by atoms with Gasteiger partial charge in [0.15, 0.2) is 0 Å². The Kier molecular flexibility index (Phi) is 6.84. The van der Waals surface area contributed by atoms with Crippen LogP contribution in [0.15, 0.2) is 71.7 Å². The summed E-state index contributed by atoms with van der Waals surface area (Å²) in [6.45, 7) is 0.628. The van der Waals surface area contributed by atoms with Crippen molar-refractivity contribution in [2.75, 3.05) is 6.54 Å². The largest absolute Gasteiger partial charge is 0.310 e. The highest BCUT2D eigenvalue weighted by Gasteiger charge is 2.46. The van der Waals surface area contributed by atoms with Crippen molar-refractivity contribution in [3.8, 4) is 6.07 Å². The number of benzene rings is 3. The second-order valence-corrected chi connectivity index (χ2v) is 10.3. The lowest BCUT2D eigenvalue weighted by molar-refractivity contribution is 0.0974. The van der Waals surface area contributed by atoms with Gasteiger partial charge in [-0.1, -0.05) is 53.0 Å². The Labute approximate surface area is 219 Å². The van der Waals surface area contributed by atoms with Crippen LogP contribution in [0.1, 0.15) is 51.7 Å². The fourth-order valence-electron chi connectivity index (χ4n) is 5.54. The van der Waals surface area contributed by atoms with Crippen molar-refractivity contribution in [1.29, 1.82) is 5.26 Å². The fourth-order valence-corrected chi connectivity index (χ4v) is 6.21. The quantitative estimate of drug-likeness (QED) is 0.393. The van der Waals surface area contributed by atoms with Gasteiger partial charge in [-0.2, -0.15) is 5.26 Å². The van der Waals surface area contributed by atoms with Gasteiger partial charge in [0.2, 0.25) is 0 Å². The SMILES string of the molecule is N#Cc1ccc(C(=O)NC2=NCC3C2CCC(c2ccc(Cl)cc2Cl)C3c2ccc(Cl)cc2)cc1. The van der Waals surface area contributed by atoms with Crippen molar-refractivity contribution in [1.82, 2.24) is 5.32 Å². The normalized spacial score (nSPS) is 23.2. The zero-order valence-corrected chi connectivity index (χ0v) is 21.0. The number of aliphatic imine (C=N–C) groups is 1. The van der Waals surface area contributed by atoms with Gasteiger partial charge >= 0.3 is 0 Å². The minimum Gasteiger partial charge on any atom is -0.310 e. The number of nitrogens with zero attached hydrogens (tertiary/aromatic N) is 2. The third-order valence-corrected chi connectivity index (χ3v) is 7.97. The van der Waals surface area contributed by atoms with E-state index in [9.17, 15) is 4.79 Å². The molecule has 1 amide bonds. The maximum Gasteiger partial charge on any atom is 0.256 e. The second kappa shape index (κ2) is 10.0. The molecule has 4 atom stereocenters. The summed E-state index contributed by atoms with van der Waals surface area (Å²) >= 11 is 19.0. The van der Waals surface area contributed by atoms with Crippen molar-refractivity contribution < 1.29 is 4.79 Å². The first-order valence-electron chi connectivity index (χ1n) is 11.5. The molecule has 2 aliphatic rings. The molecule has 3 aromatic carbocycles. The highest BCUT2D eigenvalue weighted by molar-refractivity contribution is 6.35. The summed E-state index contributed by atoms with van der Waals surface area (Å²) in [4.78, 5) is 17.7. The summed E-state index contributed by atoms with van der Waals surface area (Å²) in [6, 6.07) is 22.4. The van der Waals surface area contributed by atoms with E-state index < -0.39 is 0 Å². The van der Waals surface area contributed by atoms with Crippen molar-refractivity contribution in [2.45, 2.75) is 24.7 Å². The number of carbonyl (C=O) groups is 1. The van der Waals surface area contributed by atoms with Crippen LogP contribution in [0.4, 0.5) is 0 Å². The number of carbonyl (C=O) groups excluding carboxylic acids is 1. The summed E-state index contributed by atoms with van der Waals surface area (Å²) < 4.78 is 0. The first-order valence-corrected chi connectivity index (χ1v) is 12.6. The molecule has 1 aliphatic carbocycles. The van der Waals surface area contributed by atoms with Crippen LogP contribution < -0.4 is 5.32 Å². The van der Waals surface area contributed by atoms with Crippen molar-refractivity contribution in [3.63, 3.8) is 0 Å². The summed E-state index contributed by atoms with van der Waals surface area (Å²) in [5.41, 5.74) is 3.30. The molecule has 1 N–H and O–H groups in total. The van der Waals surface area contributed by atoms with Gasteiger partial charge in [-0.15, -0.1) is 0 Å². The first kappa shape index (κ1) is 23.9. The molecule has 1 aliphatic heterocycles.